The third kappa shape index (κ3) is 3.67. The van der Waals surface area contributed by atoms with Gasteiger partial charge in [0.25, 0.3) is 0 Å². The van der Waals surface area contributed by atoms with Gasteiger partial charge in [-0.05, 0) is 13.8 Å². The zero-order valence-corrected chi connectivity index (χ0v) is 12.8. The molecule has 106 valence electrons. The average Bonchev–Trinajstić information content (AvgIpc) is 2.47. The maximum atomic E-state index is 11.8. The third-order valence-electron chi connectivity index (χ3n) is 2.89. The molecule has 0 amide bonds. The lowest BCUT2D eigenvalue weighted by molar-refractivity contribution is 0.101. The van der Waals surface area contributed by atoms with E-state index in [1.807, 2.05) is 37.3 Å². The summed E-state index contributed by atoms with van der Waals surface area (Å²) in [6.45, 7) is 3.33. The number of thioether (sulfide) groups is 1. The van der Waals surface area contributed by atoms with Gasteiger partial charge in [0.15, 0.2) is 11.6 Å². The first-order valence-corrected chi connectivity index (χ1v) is 7.56. The summed E-state index contributed by atoms with van der Waals surface area (Å²) in [5.74, 6) is 1.17. The molecule has 4 nitrogen and oxygen atoms in total. The molecule has 0 fully saturated rings. The molecule has 21 heavy (non-hydrogen) atoms. The maximum absolute atomic E-state index is 11.8. The number of Topliss-reactive ketones (excluding diaryl/α,β-unsaturated/α-hetero) is 1. The van der Waals surface area contributed by atoms with Crippen LogP contribution in [0.2, 0.25) is 0 Å². The summed E-state index contributed by atoms with van der Waals surface area (Å²) in [5, 5.41) is 9.30. The standard InChI is InChI=1S/C16H15N3OS/c1-11-14(12(2)20)16(21-10-6-9-17)19-15(18-11)13-7-4-3-5-8-13/h3-5,7-8H,6,10H2,1-2H3. The van der Waals surface area contributed by atoms with Crippen molar-refractivity contribution in [2.24, 2.45) is 0 Å². The van der Waals surface area contributed by atoms with E-state index in [9.17, 15) is 4.79 Å². The quantitative estimate of drug-likeness (QED) is 0.364. The number of ketones is 1. The number of carbonyl (C=O) groups is 1. The second-order valence-electron chi connectivity index (χ2n) is 4.49. The molecule has 0 aliphatic heterocycles. The van der Waals surface area contributed by atoms with Gasteiger partial charge in [-0.15, -0.1) is 11.8 Å². The van der Waals surface area contributed by atoms with E-state index in [-0.39, 0.29) is 5.78 Å². The number of nitriles is 1. The van der Waals surface area contributed by atoms with Crippen LogP contribution >= 0.6 is 11.8 Å². The van der Waals surface area contributed by atoms with Crippen molar-refractivity contribution in [1.29, 1.82) is 5.26 Å². The van der Waals surface area contributed by atoms with Crippen molar-refractivity contribution in [2.45, 2.75) is 25.3 Å². The van der Waals surface area contributed by atoms with E-state index in [0.717, 1.165) is 5.56 Å². The highest BCUT2D eigenvalue weighted by Crippen LogP contribution is 2.27. The van der Waals surface area contributed by atoms with Crippen LogP contribution in [0.5, 0.6) is 0 Å². The van der Waals surface area contributed by atoms with Crippen molar-refractivity contribution in [3.63, 3.8) is 0 Å². The normalized spacial score (nSPS) is 10.1. The van der Waals surface area contributed by atoms with Crippen molar-refractivity contribution in [3.8, 4) is 17.5 Å². The Balaban J connectivity index is 2.46. The molecule has 0 N–H and O–H groups in total. The second kappa shape index (κ2) is 7.00. The number of aryl methyl sites for hydroxylation is 1. The summed E-state index contributed by atoms with van der Waals surface area (Å²) in [6, 6.07) is 11.8. The summed E-state index contributed by atoms with van der Waals surface area (Å²) < 4.78 is 0. The lowest BCUT2D eigenvalue weighted by atomic mass is 10.1. The molecule has 2 rings (SSSR count). The Labute approximate surface area is 128 Å². The van der Waals surface area contributed by atoms with Gasteiger partial charge >= 0.3 is 0 Å². The van der Waals surface area contributed by atoms with Crippen LogP contribution in [-0.4, -0.2) is 21.5 Å². The Morgan fingerprint density at radius 1 is 1.29 bits per heavy atom. The summed E-state index contributed by atoms with van der Waals surface area (Å²) in [4.78, 5) is 20.8. The molecule has 0 unspecified atom stereocenters. The maximum Gasteiger partial charge on any atom is 0.164 e. The Morgan fingerprint density at radius 2 is 2.00 bits per heavy atom. The smallest absolute Gasteiger partial charge is 0.164 e. The van der Waals surface area contributed by atoms with Crippen LogP contribution in [0.25, 0.3) is 11.4 Å². The molecule has 0 aliphatic carbocycles. The second-order valence-corrected chi connectivity index (χ2v) is 5.58. The van der Waals surface area contributed by atoms with E-state index in [1.54, 1.807) is 0 Å². The minimum absolute atomic E-state index is 0.0495. The van der Waals surface area contributed by atoms with Crippen molar-refractivity contribution in [3.05, 3.63) is 41.6 Å². The zero-order chi connectivity index (χ0) is 15.2. The number of carbonyl (C=O) groups excluding carboxylic acids is 1. The Kier molecular flexibility index (Phi) is 5.07. The van der Waals surface area contributed by atoms with Gasteiger partial charge in [0.2, 0.25) is 0 Å². The van der Waals surface area contributed by atoms with Crippen LogP contribution in [-0.2, 0) is 0 Å². The van der Waals surface area contributed by atoms with E-state index < -0.39 is 0 Å². The topological polar surface area (TPSA) is 66.6 Å². The van der Waals surface area contributed by atoms with Crippen LogP contribution in [0.1, 0.15) is 29.4 Å². The molecule has 0 saturated heterocycles. The fourth-order valence-corrected chi connectivity index (χ4v) is 2.94. The minimum atomic E-state index is -0.0495. The van der Waals surface area contributed by atoms with Gasteiger partial charge in [0.1, 0.15) is 5.03 Å². The van der Waals surface area contributed by atoms with Crippen molar-refractivity contribution < 1.29 is 4.79 Å². The van der Waals surface area contributed by atoms with Gasteiger partial charge in [-0.3, -0.25) is 4.79 Å². The van der Waals surface area contributed by atoms with Gasteiger partial charge in [-0.25, -0.2) is 9.97 Å². The first-order chi connectivity index (χ1) is 10.1. The number of nitrogens with zero attached hydrogens (tertiary/aromatic N) is 3. The van der Waals surface area contributed by atoms with Crippen LogP contribution in [0.4, 0.5) is 0 Å². The van der Waals surface area contributed by atoms with E-state index in [2.05, 4.69) is 16.0 Å². The molecule has 0 saturated carbocycles. The molecule has 0 bridgehead atoms. The largest absolute Gasteiger partial charge is 0.294 e. The van der Waals surface area contributed by atoms with Crippen LogP contribution in [0, 0.1) is 18.3 Å². The van der Waals surface area contributed by atoms with E-state index >= 15 is 0 Å². The van der Waals surface area contributed by atoms with E-state index in [0.29, 0.717) is 34.3 Å². The zero-order valence-electron chi connectivity index (χ0n) is 12.0. The summed E-state index contributed by atoms with van der Waals surface area (Å²) >= 11 is 1.43. The number of hydrogen-bond donors (Lipinski definition) is 0. The van der Waals surface area contributed by atoms with Crippen LogP contribution in [0.15, 0.2) is 35.4 Å². The fraction of sp³-hybridized carbons (Fsp3) is 0.250. The molecule has 1 aromatic carbocycles. The van der Waals surface area contributed by atoms with E-state index in [4.69, 9.17) is 5.26 Å². The number of rotatable bonds is 5. The molecule has 2 aromatic rings. The molecule has 0 radical (unpaired) electrons. The third-order valence-corrected chi connectivity index (χ3v) is 3.87. The van der Waals surface area contributed by atoms with Gasteiger partial charge in [0.05, 0.1) is 17.3 Å². The molecule has 1 heterocycles. The number of benzene rings is 1. The first kappa shape index (κ1) is 15.2. The molecular formula is C16H15N3OS. The van der Waals surface area contributed by atoms with Crippen molar-refractivity contribution in [1.82, 2.24) is 9.97 Å². The predicted octanol–water partition coefficient (Wildman–Crippen LogP) is 3.66. The van der Waals surface area contributed by atoms with Gasteiger partial charge in [-0.2, -0.15) is 5.26 Å². The molecule has 1 aromatic heterocycles. The van der Waals surface area contributed by atoms with Gasteiger partial charge in [-0.1, -0.05) is 30.3 Å². The fourth-order valence-electron chi connectivity index (χ4n) is 1.97. The number of aromatic nitrogens is 2. The van der Waals surface area contributed by atoms with Crippen LogP contribution < -0.4 is 0 Å². The first-order valence-electron chi connectivity index (χ1n) is 6.58. The SMILES string of the molecule is CC(=O)c1c(C)nc(-c2ccccc2)nc1SCCC#N. The Bertz CT molecular complexity index is 693. The highest BCUT2D eigenvalue weighted by Gasteiger charge is 2.16. The van der Waals surface area contributed by atoms with Crippen LogP contribution in [0.3, 0.4) is 0 Å². The van der Waals surface area contributed by atoms with Crippen molar-refractivity contribution in [2.75, 3.05) is 5.75 Å². The molecule has 0 aliphatic rings. The molecule has 5 heteroatoms. The van der Waals surface area contributed by atoms with E-state index in [1.165, 1.54) is 18.7 Å². The van der Waals surface area contributed by atoms with Crippen molar-refractivity contribution >= 4 is 17.5 Å². The molecule has 0 atom stereocenters. The highest BCUT2D eigenvalue weighted by molar-refractivity contribution is 7.99. The van der Waals surface area contributed by atoms with Gasteiger partial charge in [0, 0.05) is 17.7 Å². The summed E-state index contributed by atoms with van der Waals surface area (Å²) in [7, 11) is 0. The average molecular weight is 297 g/mol. The number of hydrogen-bond acceptors (Lipinski definition) is 5. The monoisotopic (exact) mass is 297 g/mol. The minimum Gasteiger partial charge on any atom is -0.294 e. The predicted molar refractivity (Wildman–Crippen MR) is 83.2 cm³/mol. The summed E-state index contributed by atoms with van der Waals surface area (Å²) in [6.07, 6.45) is 0.422. The summed E-state index contributed by atoms with van der Waals surface area (Å²) in [5.41, 5.74) is 2.14. The van der Waals surface area contributed by atoms with Gasteiger partial charge < -0.3 is 0 Å². The molecular weight excluding hydrogens is 282 g/mol. The Hall–Kier alpha value is -2.19. The lowest BCUT2D eigenvalue weighted by Gasteiger charge is -2.10. The Morgan fingerprint density at radius 3 is 2.62 bits per heavy atom. The highest BCUT2D eigenvalue weighted by atomic mass is 32.2. The molecule has 0 spiro atoms. The lowest BCUT2D eigenvalue weighted by Crippen LogP contribution is -2.06.